The van der Waals surface area contributed by atoms with E-state index in [0.717, 1.165) is 24.0 Å². The molecule has 110 valence electrons. The standard InChI is InChI=1S/C15H22N2O2S/c1-10-7-13(16)8-11(2)15(10)20(18,19)17(14-5-6-14)9-12-3-4-12/h7-8,12,14H,3-6,9,16H2,1-2H3. The summed E-state index contributed by atoms with van der Waals surface area (Å²) >= 11 is 0. The number of aryl methyl sites for hydroxylation is 2. The zero-order chi connectivity index (χ0) is 14.5. The van der Waals surface area contributed by atoms with E-state index in [1.165, 1.54) is 12.8 Å². The zero-order valence-electron chi connectivity index (χ0n) is 12.1. The van der Waals surface area contributed by atoms with Crippen molar-refractivity contribution >= 4 is 15.7 Å². The number of nitrogen functional groups attached to an aromatic ring is 1. The summed E-state index contributed by atoms with van der Waals surface area (Å²) in [5, 5.41) is 0. The predicted octanol–water partition coefficient (Wildman–Crippen LogP) is 2.45. The van der Waals surface area contributed by atoms with Crippen LogP contribution >= 0.6 is 0 Å². The van der Waals surface area contributed by atoms with Crippen LogP contribution in [0.1, 0.15) is 36.8 Å². The van der Waals surface area contributed by atoms with E-state index in [4.69, 9.17) is 5.73 Å². The van der Waals surface area contributed by atoms with Crippen LogP contribution in [0.25, 0.3) is 0 Å². The molecule has 0 atom stereocenters. The number of hydrogen-bond donors (Lipinski definition) is 1. The van der Waals surface area contributed by atoms with E-state index in [1.54, 1.807) is 16.4 Å². The Labute approximate surface area is 121 Å². The molecular weight excluding hydrogens is 272 g/mol. The monoisotopic (exact) mass is 294 g/mol. The van der Waals surface area contributed by atoms with Gasteiger partial charge >= 0.3 is 0 Å². The summed E-state index contributed by atoms with van der Waals surface area (Å²) in [5.74, 6) is 0.569. The van der Waals surface area contributed by atoms with Gasteiger partial charge in [0.2, 0.25) is 10.0 Å². The van der Waals surface area contributed by atoms with Crippen molar-refractivity contribution in [3.05, 3.63) is 23.3 Å². The second-order valence-corrected chi connectivity index (χ2v) is 8.06. The Balaban J connectivity index is 2.01. The average Bonchev–Trinajstić information content (AvgIpc) is 3.18. The van der Waals surface area contributed by atoms with Crippen LogP contribution in [0.5, 0.6) is 0 Å². The summed E-state index contributed by atoms with van der Waals surface area (Å²) in [6.07, 6.45) is 4.33. The van der Waals surface area contributed by atoms with Crippen LogP contribution in [0.3, 0.4) is 0 Å². The number of benzene rings is 1. The van der Waals surface area contributed by atoms with Gasteiger partial charge in [-0.2, -0.15) is 4.31 Å². The zero-order valence-corrected chi connectivity index (χ0v) is 12.9. The van der Waals surface area contributed by atoms with Crippen LogP contribution < -0.4 is 5.73 Å². The van der Waals surface area contributed by atoms with Crippen molar-refractivity contribution in [1.29, 1.82) is 0 Å². The van der Waals surface area contributed by atoms with Gasteiger partial charge in [-0.25, -0.2) is 8.42 Å². The SMILES string of the molecule is Cc1cc(N)cc(C)c1S(=O)(=O)N(CC1CC1)C1CC1. The number of sulfonamides is 1. The first kappa shape index (κ1) is 13.9. The third-order valence-corrected chi connectivity index (χ3v) is 6.36. The normalized spacial score (nSPS) is 19.6. The van der Waals surface area contributed by atoms with E-state index in [0.29, 0.717) is 23.0 Å². The quantitative estimate of drug-likeness (QED) is 0.848. The fraction of sp³-hybridized carbons (Fsp3) is 0.600. The molecule has 0 spiro atoms. The first-order valence-corrected chi connectivity index (χ1v) is 8.72. The lowest BCUT2D eigenvalue weighted by Crippen LogP contribution is -2.35. The lowest BCUT2D eigenvalue weighted by molar-refractivity contribution is 0.388. The topological polar surface area (TPSA) is 63.4 Å². The molecule has 0 amide bonds. The van der Waals surface area contributed by atoms with E-state index in [2.05, 4.69) is 0 Å². The molecular formula is C15H22N2O2S. The van der Waals surface area contributed by atoms with Crippen molar-refractivity contribution in [1.82, 2.24) is 4.31 Å². The molecule has 0 heterocycles. The molecule has 2 aliphatic rings. The van der Waals surface area contributed by atoms with Crippen molar-refractivity contribution in [3.63, 3.8) is 0 Å². The Morgan fingerprint density at radius 1 is 1.15 bits per heavy atom. The van der Waals surface area contributed by atoms with Crippen molar-refractivity contribution in [2.75, 3.05) is 12.3 Å². The van der Waals surface area contributed by atoms with Gasteiger partial charge in [-0.3, -0.25) is 0 Å². The van der Waals surface area contributed by atoms with Gasteiger partial charge in [0.05, 0.1) is 4.90 Å². The predicted molar refractivity (Wildman–Crippen MR) is 80.0 cm³/mol. The van der Waals surface area contributed by atoms with Gasteiger partial charge in [0, 0.05) is 18.3 Å². The summed E-state index contributed by atoms with van der Waals surface area (Å²) in [6, 6.07) is 3.72. The highest BCUT2D eigenvalue weighted by molar-refractivity contribution is 7.89. The molecule has 2 saturated carbocycles. The summed E-state index contributed by atoms with van der Waals surface area (Å²) in [6.45, 7) is 4.35. The Bertz CT molecular complexity index is 608. The van der Waals surface area contributed by atoms with E-state index in [9.17, 15) is 8.42 Å². The summed E-state index contributed by atoms with van der Waals surface area (Å²) in [5.41, 5.74) is 7.93. The number of nitrogens with zero attached hydrogens (tertiary/aromatic N) is 1. The summed E-state index contributed by atoms with van der Waals surface area (Å²) in [4.78, 5) is 0.458. The van der Waals surface area contributed by atoms with Gasteiger partial charge in [-0.1, -0.05) is 0 Å². The molecule has 4 nitrogen and oxygen atoms in total. The van der Waals surface area contributed by atoms with Gasteiger partial charge in [0.1, 0.15) is 0 Å². The molecule has 1 aromatic rings. The fourth-order valence-corrected chi connectivity index (χ4v) is 5.05. The molecule has 0 bridgehead atoms. The van der Waals surface area contributed by atoms with Gasteiger partial charge in [0.15, 0.2) is 0 Å². The van der Waals surface area contributed by atoms with Crippen LogP contribution in [0.15, 0.2) is 17.0 Å². The van der Waals surface area contributed by atoms with E-state index in [1.807, 2.05) is 13.8 Å². The fourth-order valence-electron chi connectivity index (χ4n) is 2.87. The molecule has 0 radical (unpaired) electrons. The number of hydrogen-bond acceptors (Lipinski definition) is 3. The molecule has 2 aliphatic carbocycles. The number of rotatable bonds is 5. The van der Waals surface area contributed by atoms with Crippen molar-refractivity contribution in [2.45, 2.75) is 50.5 Å². The lowest BCUT2D eigenvalue weighted by Gasteiger charge is -2.24. The van der Waals surface area contributed by atoms with Crippen molar-refractivity contribution < 1.29 is 8.42 Å². The highest BCUT2D eigenvalue weighted by atomic mass is 32.2. The van der Waals surface area contributed by atoms with Gasteiger partial charge in [-0.15, -0.1) is 0 Å². The van der Waals surface area contributed by atoms with E-state index in [-0.39, 0.29) is 6.04 Å². The van der Waals surface area contributed by atoms with Crippen LogP contribution in [-0.4, -0.2) is 25.3 Å². The van der Waals surface area contributed by atoms with Crippen molar-refractivity contribution in [3.8, 4) is 0 Å². The minimum absolute atomic E-state index is 0.219. The summed E-state index contributed by atoms with van der Waals surface area (Å²) < 4.78 is 27.8. The third kappa shape index (κ3) is 2.56. The van der Waals surface area contributed by atoms with Gasteiger partial charge < -0.3 is 5.73 Å². The number of nitrogens with two attached hydrogens (primary N) is 1. The van der Waals surface area contributed by atoms with Crippen molar-refractivity contribution in [2.24, 2.45) is 5.92 Å². The second kappa shape index (κ2) is 4.74. The molecule has 0 aliphatic heterocycles. The molecule has 0 saturated heterocycles. The van der Waals surface area contributed by atoms with Crippen LogP contribution in [0.4, 0.5) is 5.69 Å². The maximum atomic E-state index is 13.0. The highest BCUT2D eigenvalue weighted by Gasteiger charge is 2.42. The van der Waals surface area contributed by atoms with Crippen LogP contribution in [0, 0.1) is 19.8 Å². The largest absolute Gasteiger partial charge is 0.399 e. The van der Waals surface area contributed by atoms with Crippen LogP contribution in [-0.2, 0) is 10.0 Å². The maximum Gasteiger partial charge on any atom is 0.243 e. The lowest BCUT2D eigenvalue weighted by atomic mass is 10.1. The first-order chi connectivity index (χ1) is 9.39. The molecule has 20 heavy (non-hydrogen) atoms. The molecule has 2 N–H and O–H groups in total. The Morgan fingerprint density at radius 3 is 2.15 bits per heavy atom. The van der Waals surface area contributed by atoms with Gasteiger partial charge in [0.25, 0.3) is 0 Å². The minimum atomic E-state index is -3.39. The first-order valence-electron chi connectivity index (χ1n) is 7.28. The second-order valence-electron chi connectivity index (χ2n) is 6.23. The Hall–Kier alpha value is -1.07. The molecule has 1 aromatic carbocycles. The Morgan fingerprint density at radius 2 is 1.70 bits per heavy atom. The van der Waals surface area contributed by atoms with Gasteiger partial charge in [-0.05, 0) is 68.7 Å². The molecule has 0 unspecified atom stereocenters. The maximum absolute atomic E-state index is 13.0. The average molecular weight is 294 g/mol. The number of anilines is 1. The molecule has 2 fully saturated rings. The third-order valence-electron chi connectivity index (χ3n) is 4.14. The Kier molecular flexibility index (Phi) is 3.29. The van der Waals surface area contributed by atoms with E-state index < -0.39 is 10.0 Å². The molecule has 0 aromatic heterocycles. The highest BCUT2D eigenvalue weighted by Crippen LogP contribution is 2.39. The van der Waals surface area contributed by atoms with Crippen LogP contribution in [0.2, 0.25) is 0 Å². The summed E-state index contributed by atoms with van der Waals surface area (Å²) in [7, 11) is -3.39. The minimum Gasteiger partial charge on any atom is -0.399 e. The smallest absolute Gasteiger partial charge is 0.243 e. The van der Waals surface area contributed by atoms with E-state index >= 15 is 0 Å². The molecule has 5 heteroatoms. The molecule has 3 rings (SSSR count).